The first-order valence-electron chi connectivity index (χ1n) is 13.6. The van der Waals surface area contributed by atoms with Gasteiger partial charge < -0.3 is 0 Å². The lowest BCUT2D eigenvalue weighted by Crippen LogP contribution is -2.37. The van der Waals surface area contributed by atoms with Gasteiger partial charge in [-0.05, 0) is 84.5 Å². The van der Waals surface area contributed by atoms with Crippen molar-refractivity contribution in [2.24, 2.45) is 16.4 Å². The highest BCUT2D eigenvalue weighted by Gasteiger charge is 2.55. The van der Waals surface area contributed by atoms with Gasteiger partial charge in [-0.25, -0.2) is 8.78 Å². The van der Waals surface area contributed by atoms with Crippen LogP contribution < -0.4 is 0 Å². The topological polar surface area (TPSA) is 65.8 Å². The molecule has 2 atom stereocenters. The lowest BCUT2D eigenvalue weighted by Gasteiger charge is -2.41. The second-order valence-electron chi connectivity index (χ2n) is 11.0. The Morgan fingerprint density at radius 2 is 1.47 bits per heavy atom. The Kier molecular flexibility index (Phi) is 7.90. The van der Waals surface area contributed by atoms with Crippen LogP contribution in [0.1, 0.15) is 79.9 Å². The van der Waals surface area contributed by atoms with Crippen molar-refractivity contribution in [2.75, 3.05) is 0 Å². The summed E-state index contributed by atoms with van der Waals surface area (Å²) in [5, 5.41) is 4.05. The minimum absolute atomic E-state index is 0.0608. The molecule has 3 aromatic rings. The number of hydrogen-bond acceptors (Lipinski definition) is 2. The van der Waals surface area contributed by atoms with Crippen LogP contribution in [0.4, 0.5) is 8.78 Å². The SMILES string of the molecule is [N-]=[N+]=NC1CC(=O)C2(CCC(CCCC(c3ccc(F)cc3)c3ccc(F)cc3)CC2)C1c1ccccc1. The second kappa shape index (κ2) is 11.5. The van der Waals surface area contributed by atoms with Gasteiger partial charge in [0, 0.05) is 28.6 Å². The van der Waals surface area contributed by atoms with Crippen LogP contribution >= 0.6 is 0 Å². The van der Waals surface area contributed by atoms with Crippen molar-refractivity contribution in [1.29, 1.82) is 0 Å². The minimum Gasteiger partial charge on any atom is -0.299 e. The largest absolute Gasteiger partial charge is 0.299 e. The molecule has 2 saturated carbocycles. The van der Waals surface area contributed by atoms with E-state index >= 15 is 0 Å². The van der Waals surface area contributed by atoms with E-state index in [9.17, 15) is 13.6 Å². The fraction of sp³-hybridized carbons (Fsp3) is 0.406. The first kappa shape index (κ1) is 26.1. The van der Waals surface area contributed by atoms with Gasteiger partial charge in [-0.15, -0.1) is 0 Å². The van der Waals surface area contributed by atoms with E-state index in [1.54, 1.807) is 0 Å². The van der Waals surface area contributed by atoms with Crippen molar-refractivity contribution in [1.82, 2.24) is 0 Å². The number of halogens is 2. The standard InChI is InChI=1S/C32H33F2N3O/c33-26-13-9-23(10-14-26)28(24-11-15-27(34)16-12-24)8-4-5-22-17-19-32(20-18-22)30(38)21-29(36-37-35)31(32)25-6-2-1-3-7-25/h1-3,6-7,9-16,22,28-29,31H,4-5,8,17-21H2. The second-order valence-corrected chi connectivity index (χ2v) is 11.0. The van der Waals surface area contributed by atoms with Crippen LogP contribution in [0.25, 0.3) is 10.4 Å². The first-order valence-corrected chi connectivity index (χ1v) is 13.6. The number of nitrogens with zero attached hydrogens (tertiary/aromatic N) is 3. The summed E-state index contributed by atoms with van der Waals surface area (Å²) >= 11 is 0. The Labute approximate surface area is 222 Å². The van der Waals surface area contributed by atoms with E-state index in [1.807, 2.05) is 42.5 Å². The van der Waals surface area contributed by atoms with Crippen LogP contribution in [-0.2, 0) is 4.79 Å². The average Bonchev–Trinajstić information content (AvgIpc) is 3.20. The maximum absolute atomic E-state index is 13.6. The van der Waals surface area contributed by atoms with Crippen molar-refractivity contribution < 1.29 is 13.6 Å². The van der Waals surface area contributed by atoms with Crippen molar-refractivity contribution in [2.45, 2.75) is 69.2 Å². The van der Waals surface area contributed by atoms with Crippen molar-refractivity contribution in [3.05, 3.63) is 118 Å². The molecule has 0 amide bonds. The van der Waals surface area contributed by atoms with Crippen LogP contribution in [0.3, 0.4) is 0 Å². The molecule has 0 saturated heterocycles. The van der Waals surface area contributed by atoms with E-state index in [0.717, 1.165) is 61.6 Å². The zero-order chi connectivity index (χ0) is 26.5. The van der Waals surface area contributed by atoms with E-state index in [4.69, 9.17) is 5.53 Å². The fourth-order valence-corrected chi connectivity index (χ4v) is 7.03. The monoisotopic (exact) mass is 513 g/mol. The molecule has 0 heterocycles. The summed E-state index contributed by atoms with van der Waals surface area (Å²) in [7, 11) is 0. The van der Waals surface area contributed by atoms with Crippen LogP contribution in [0.15, 0.2) is 84.0 Å². The van der Waals surface area contributed by atoms with E-state index in [-0.39, 0.29) is 35.3 Å². The summed E-state index contributed by atoms with van der Waals surface area (Å²) in [6.45, 7) is 0. The predicted molar refractivity (Wildman–Crippen MR) is 145 cm³/mol. The van der Waals surface area contributed by atoms with E-state index < -0.39 is 5.41 Å². The maximum atomic E-state index is 13.6. The molecule has 2 unspecified atom stereocenters. The Morgan fingerprint density at radius 3 is 2.03 bits per heavy atom. The lowest BCUT2D eigenvalue weighted by atomic mass is 9.62. The van der Waals surface area contributed by atoms with Crippen LogP contribution in [-0.4, -0.2) is 11.8 Å². The highest BCUT2D eigenvalue weighted by atomic mass is 19.1. The molecule has 6 heteroatoms. The Hall–Kier alpha value is -3.50. The van der Waals surface area contributed by atoms with Crippen molar-refractivity contribution >= 4 is 5.78 Å². The zero-order valence-electron chi connectivity index (χ0n) is 21.5. The molecule has 0 aromatic heterocycles. The molecule has 196 valence electrons. The number of Topliss-reactive ketones (excluding diaryl/α,β-unsaturated/α-hetero) is 1. The maximum Gasteiger partial charge on any atom is 0.140 e. The van der Waals surface area contributed by atoms with Gasteiger partial charge in [0.15, 0.2) is 0 Å². The molecule has 3 aromatic carbocycles. The van der Waals surface area contributed by atoms with Gasteiger partial charge in [-0.2, -0.15) is 0 Å². The Balaban J connectivity index is 1.25. The first-order chi connectivity index (χ1) is 18.5. The normalized spacial score (nSPS) is 25.0. The number of ketones is 1. The smallest absolute Gasteiger partial charge is 0.140 e. The summed E-state index contributed by atoms with van der Waals surface area (Å²) < 4.78 is 27.1. The van der Waals surface area contributed by atoms with Crippen molar-refractivity contribution in [3.63, 3.8) is 0 Å². The molecule has 0 bridgehead atoms. The lowest BCUT2D eigenvalue weighted by molar-refractivity contribution is -0.128. The third-order valence-corrected chi connectivity index (χ3v) is 8.94. The molecule has 0 radical (unpaired) electrons. The molecule has 2 aliphatic rings. The molecular formula is C32H33F2N3O. The van der Waals surface area contributed by atoms with Gasteiger partial charge in [0.05, 0.1) is 6.04 Å². The molecule has 1 spiro atoms. The highest BCUT2D eigenvalue weighted by Crippen LogP contribution is 2.57. The van der Waals surface area contributed by atoms with Crippen LogP contribution in [0.5, 0.6) is 0 Å². The van der Waals surface area contributed by atoms with Crippen LogP contribution in [0.2, 0.25) is 0 Å². The third kappa shape index (κ3) is 5.37. The summed E-state index contributed by atoms with van der Waals surface area (Å²) in [5.74, 6) is 0.269. The highest BCUT2D eigenvalue weighted by molar-refractivity contribution is 5.89. The summed E-state index contributed by atoms with van der Waals surface area (Å²) in [5.41, 5.74) is 11.9. The number of rotatable bonds is 8. The van der Waals surface area contributed by atoms with Crippen LogP contribution in [0, 0.1) is 23.0 Å². The molecule has 4 nitrogen and oxygen atoms in total. The molecule has 0 N–H and O–H groups in total. The molecule has 0 aliphatic heterocycles. The Bertz CT molecular complexity index is 1230. The average molecular weight is 514 g/mol. The number of benzene rings is 3. The fourth-order valence-electron chi connectivity index (χ4n) is 7.03. The van der Waals surface area contributed by atoms with Gasteiger partial charge in [-0.3, -0.25) is 4.79 Å². The van der Waals surface area contributed by atoms with Gasteiger partial charge in [0.2, 0.25) is 0 Å². The molecule has 2 aliphatic carbocycles. The molecule has 2 fully saturated rings. The predicted octanol–water partition coefficient (Wildman–Crippen LogP) is 8.88. The minimum atomic E-state index is -0.443. The Morgan fingerprint density at radius 1 is 0.895 bits per heavy atom. The molecular weight excluding hydrogens is 480 g/mol. The summed E-state index contributed by atoms with van der Waals surface area (Å²) in [4.78, 5) is 16.4. The van der Waals surface area contributed by atoms with Gasteiger partial charge in [0.25, 0.3) is 0 Å². The zero-order valence-corrected chi connectivity index (χ0v) is 21.5. The molecule has 5 rings (SSSR count). The van der Waals surface area contributed by atoms with E-state index in [0.29, 0.717) is 12.3 Å². The summed E-state index contributed by atoms with van der Waals surface area (Å²) in [6, 6.07) is 23.0. The number of hydrogen-bond donors (Lipinski definition) is 0. The van der Waals surface area contributed by atoms with Gasteiger partial charge in [0.1, 0.15) is 17.4 Å². The van der Waals surface area contributed by atoms with E-state index in [1.165, 1.54) is 24.3 Å². The van der Waals surface area contributed by atoms with Crippen molar-refractivity contribution in [3.8, 4) is 0 Å². The van der Waals surface area contributed by atoms with Gasteiger partial charge in [-0.1, -0.05) is 72.6 Å². The van der Waals surface area contributed by atoms with Gasteiger partial charge >= 0.3 is 0 Å². The number of azide groups is 1. The third-order valence-electron chi connectivity index (χ3n) is 8.94. The quantitative estimate of drug-likeness (QED) is 0.168. The molecule has 38 heavy (non-hydrogen) atoms. The van der Waals surface area contributed by atoms with E-state index in [2.05, 4.69) is 22.2 Å². The summed E-state index contributed by atoms with van der Waals surface area (Å²) in [6.07, 6.45) is 6.88. The number of carbonyl (C=O) groups is 1. The number of carbonyl (C=O) groups excluding carboxylic acids is 1.